The van der Waals surface area contributed by atoms with Crippen LogP contribution in [0.2, 0.25) is 0 Å². The molecule has 93 valence electrons. The standard InChI is InChI=1S/C10H19N2O4/c1-2-3-4-7-16-12-9(10(14)15)5-6-11-8-13/h8-9,12H,1-7H2,(H,11,13)(H,14,15). The predicted molar refractivity (Wildman–Crippen MR) is 58.4 cm³/mol. The highest BCUT2D eigenvalue weighted by atomic mass is 16.6. The maximum absolute atomic E-state index is 10.7. The number of hydrogen-bond acceptors (Lipinski definition) is 4. The number of carboxylic acid groups (broad SMARTS) is 1. The molecule has 0 bridgehead atoms. The summed E-state index contributed by atoms with van der Waals surface area (Å²) < 4.78 is 0. The Labute approximate surface area is 95.3 Å². The van der Waals surface area contributed by atoms with Gasteiger partial charge in [0.2, 0.25) is 6.41 Å². The normalized spacial score (nSPS) is 12.1. The van der Waals surface area contributed by atoms with Crippen molar-refractivity contribution < 1.29 is 19.5 Å². The third kappa shape index (κ3) is 8.19. The van der Waals surface area contributed by atoms with Crippen LogP contribution in [0.5, 0.6) is 0 Å². The molecule has 1 atom stereocenters. The van der Waals surface area contributed by atoms with Gasteiger partial charge >= 0.3 is 5.97 Å². The van der Waals surface area contributed by atoms with Gasteiger partial charge in [0.1, 0.15) is 6.04 Å². The molecule has 1 radical (unpaired) electrons. The van der Waals surface area contributed by atoms with Crippen LogP contribution in [-0.4, -0.2) is 36.7 Å². The number of carboxylic acids is 1. The van der Waals surface area contributed by atoms with E-state index in [0.29, 0.717) is 19.6 Å². The fraction of sp³-hybridized carbons (Fsp3) is 0.700. The van der Waals surface area contributed by atoms with Gasteiger partial charge in [-0.25, -0.2) is 0 Å². The summed E-state index contributed by atoms with van der Waals surface area (Å²) in [4.78, 5) is 25.7. The Morgan fingerprint density at radius 1 is 1.50 bits per heavy atom. The Balaban J connectivity index is 3.60. The Morgan fingerprint density at radius 2 is 2.25 bits per heavy atom. The number of carbonyl (C=O) groups is 2. The molecule has 0 aromatic rings. The molecule has 0 spiro atoms. The highest BCUT2D eigenvalue weighted by Crippen LogP contribution is 1.95. The van der Waals surface area contributed by atoms with Crippen molar-refractivity contribution in [2.75, 3.05) is 13.2 Å². The lowest BCUT2D eigenvalue weighted by Gasteiger charge is -2.13. The highest BCUT2D eigenvalue weighted by Gasteiger charge is 2.16. The second-order valence-electron chi connectivity index (χ2n) is 3.28. The highest BCUT2D eigenvalue weighted by molar-refractivity contribution is 5.73. The summed E-state index contributed by atoms with van der Waals surface area (Å²) in [5, 5.41) is 11.2. The molecule has 0 fully saturated rings. The van der Waals surface area contributed by atoms with E-state index in [9.17, 15) is 9.59 Å². The first kappa shape index (κ1) is 14.9. The molecule has 1 amide bonds. The monoisotopic (exact) mass is 231 g/mol. The fourth-order valence-electron chi connectivity index (χ4n) is 1.03. The second-order valence-corrected chi connectivity index (χ2v) is 3.28. The Kier molecular flexibility index (Phi) is 9.64. The molecular formula is C10H19N2O4. The van der Waals surface area contributed by atoms with Crippen molar-refractivity contribution in [2.24, 2.45) is 0 Å². The van der Waals surface area contributed by atoms with Crippen molar-refractivity contribution in [3.8, 4) is 0 Å². The minimum Gasteiger partial charge on any atom is -0.480 e. The predicted octanol–water partition coefficient (Wildman–Crippen LogP) is 0.101. The van der Waals surface area contributed by atoms with E-state index in [1.54, 1.807) is 0 Å². The molecule has 0 aliphatic rings. The van der Waals surface area contributed by atoms with Crippen molar-refractivity contribution >= 4 is 12.4 Å². The number of amides is 1. The maximum atomic E-state index is 10.7. The van der Waals surface area contributed by atoms with Crippen LogP contribution in [0.4, 0.5) is 0 Å². The summed E-state index contributed by atoms with van der Waals surface area (Å²) in [7, 11) is 0. The van der Waals surface area contributed by atoms with E-state index in [2.05, 4.69) is 17.7 Å². The van der Waals surface area contributed by atoms with E-state index < -0.39 is 12.0 Å². The van der Waals surface area contributed by atoms with Gasteiger partial charge in [-0.3, -0.25) is 9.59 Å². The van der Waals surface area contributed by atoms with E-state index in [-0.39, 0.29) is 6.42 Å². The molecule has 3 N–H and O–H groups in total. The maximum Gasteiger partial charge on any atom is 0.323 e. The summed E-state index contributed by atoms with van der Waals surface area (Å²) in [5.74, 6) is -0.996. The van der Waals surface area contributed by atoms with E-state index in [1.165, 1.54) is 0 Å². The lowest BCUT2D eigenvalue weighted by atomic mass is 10.2. The van der Waals surface area contributed by atoms with Crippen molar-refractivity contribution in [1.82, 2.24) is 10.8 Å². The molecule has 1 unspecified atom stereocenters. The van der Waals surface area contributed by atoms with Gasteiger partial charge in [0.15, 0.2) is 0 Å². The zero-order valence-electron chi connectivity index (χ0n) is 9.28. The lowest BCUT2D eigenvalue weighted by Crippen LogP contribution is -2.39. The van der Waals surface area contributed by atoms with Gasteiger partial charge in [-0.15, -0.1) is 0 Å². The minimum atomic E-state index is -0.996. The molecule has 0 saturated heterocycles. The number of aliphatic carboxylic acids is 1. The van der Waals surface area contributed by atoms with Crippen molar-refractivity contribution in [1.29, 1.82) is 0 Å². The van der Waals surface area contributed by atoms with E-state index >= 15 is 0 Å². The van der Waals surface area contributed by atoms with Crippen molar-refractivity contribution in [2.45, 2.75) is 31.7 Å². The molecular weight excluding hydrogens is 212 g/mol. The minimum absolute atomic E-state index is 0.281. The Hall–Kier alpha value is -1.14. The van der Waals surface area contributed by atoms with Crippen LogP contribution < -0.4 is 10.8 Å². The zero-order valence-corrected chi connectivity index (χ0v) is 9.28. The van der Waals surface area contributed by atoms with E-state index in [4.69, 9.17) is 9.94 Å². The fourth-order valence-corrected chi connectivity index (χ4v) is 1.03. The van der Waals surface area contributed by atoms with Crippen molar-refractivity contribution in [3.05, 3.63) is 6.92 Å². The summed E-state index contributed by atoms with van der Waals surface area (Å²) in [6.07, 6.45) is 3.45. The molecule has 0 aliphatic carbocycles. The third-order valence-corrected chi connectivity index (χ3v) is 1.93. The summed E-state index contributed by atoms with van der Waals surface area (Å²) in [6, 6.07) is -0.799. The van der Waals surface area contributed by atoms with Crippen LogP contribution >= 0.6 is 0 Å². The summed E-state index contributed by atoms with van der Waals surface area (Å²) in [6.45, 7) is 4.45. The van der Waals surface area contributed by atoms with Gasteiger partial charge in [0.25, 0.3) is 0 Å². The molecule has 16 heavy (non-hydrogen) atoms. The van der Waals surface area contributed by atoms with Gasteiger partial charge in [-0.1, -0.05) is 19.8 Å². The van der Waals surface area contributed by atoms with Crippen LogP contribution in [0.3, 0.4) is 0 Å². The molecule has 0 saturated carbocycles. The first-order valence-electron chi connectivity index (χ1n) is 5.28. The zero-order chi connectivity index (χ0) is 12.2. The number of hydrogen-bond donors (Lipinski definition) is 3. The third-order valence-electron chi connectivity index (χ3n) is 1.93. The van der Waals surface area contributed by atoms with Crippen LogP contribution in [0, 0.1) is 6.92 Å². The van der Waals surface area contributed by atoms with Crippen molar-refractivity contribution in [3.63, 3.8) is 0 Å². The molecule has 0 aromatic carbocycles. The average molecular weight is 231 g/mol. The molecule has 0 rings (SSSR count). The quantitative estimate of drug-likeness (QED) is 0.267. The number of rotatable bonds is 11. The first-order chi connectivity index (χ1) is 7.72. The molecule has 0 heterocycles. The van der Waals surface area contributed by atoms with Crippen LogP contribution in [0.25, 0.3) is 0 Å². The lowest BCUT2D eigenvalue weighted by molar-refractivity contribution is -0.144. The average Bonchev–Trinajstić information content (AvgIpc) is 2.26. The summed E-state index contributed by atoms with van der Waals surface area (Å²) in [5.41, 5.74) is 2.46. The number of hydroxylamine groups is 1. The SMILES string of the molecule is [CH2]CCCCONC(CCNC=O)C(=O)O. The van der Waals surface area contributed by atoms with E-state index in [0.717, 1.165) is 19.3 Å². The first-order valence-corrected chi connectivity index (χ1v) is 5.28. The van der Waals surface area contributed by atoms with Gasteiger partial charge in [-0.2, -0.15) is 5.48 Å². The Morgan fingerprint density at radius 3 is 2.81 bits per heavy atom. The van der Waals surface area contributed by atoms with Gasteiger partial charge < -0.3 is 15.3 Å². The molecule has 0 aromatic heterocycles. The van der Waals surface area contributed by atoms with Crippen LogP contribution in [0.15, 0.2) is 0 Å². The smallest absolute Gasteiger partial charge is 0.323 e. The molecule has 0 aliphatic heterocycles. The second kappa shape index (κ2) is 10.4. The van der Waals surface area contributed by atoms with E-state index in [1.807, 2.05) is 0 Å². The topological polar surface area (TPSA) is 87.7 Å². The largest absolute Gasteiger partial charge is 0.480 e. The molecule has 6 nitrogen and oxygen atoms in total. The summed E-state index contributed by atoms with van der Waals surface area (Å²) >= 11 is 0. The van der Waals surface area contributed by atoms with Crippen LogP contribution in [0.1, 0.15) is 25.7 Å². The van der Waals surface area contributed by atoms with Gasteiger partial charge in [-0.05, 0) is 12.8 Å². The molecule has 6 heteroatoms. The number of carbonyl (C=O) groups excluding carboxylic acids is 1. The number of nitrogens with one attached hydrogen (secondary N) is 2. The van der Waals surface area contributed by atoms with Gasteiger partial charge in [0.05, 0.1) is 6.61 Å². The van der Waals surface area contributed by atoms with Gasteiger partial charge in [0, 0.05) is 6.54 Å². The van der Waals surface area contributed by atoms with Crippen LogP contribution in [-0.2, 0) is 14.4 Å². The number of unbranched alkanes of at least 4 members (excludes halogenated alkanes) is 2. The Bertz CT molecular complexity index is 199.